The highest BCUT2D eigenvalue weighted by Gasteiger charge is 2.34. The molecule has 0 saturated carbocycles. The van der Waals surface area contributed by atoms with E-state index in [-0.39, 0.29) is 17.9 Å². The number of carbonyl (C=O) groups excluding carboxylic acids is 2. The standard InChI is InChI=1S/C21H26N4O2S/c26-20(18-6-13-28-16-18)23-9-11-24(12-10-23)21(27)19-5-1-2-8-25(19)15-17-4-3-7-22-14-17/h3-4,6-7,13-14,16,19H,1-2,5,8-12,15H2/t19-/m0/s1. The summed E-state index contributed by atoms with van der Waals surface area (Å²) in [5.74, 6) is 0.287. The number of nitrogens with zero attached hydrogens (tertiary/aromatic N) is 4. The third-order valence-corrected chi connectivity index (χ3v) is 6.34. The van der Waals surface area contributed by atoms with Gasteiger partial charge in [0.25, 0.3) is 5.91 Å². The number of piperazine rings is 1. The number of thiophene rings is 1. The fraction of sp³-hybridized carbons (Fsp3) is 0.476. The molecule has 4 heterocycles. The second-order valence-corrected chi connectivity index (χ2v) is 8.25. The van der Waals surface area contributed by atoms with E-state index in [0.717, 1.165) is 43.5 Å². The lowest BCUT2D eigenvalue weighted by atomic mass is 9.99. The Balaban J connectivity index is 1.36. The van der Waals surface area contributed by atoms with Gasteiger partial charge in [0, 0.05) is 50.5 Å². The average molecular weight is 399 g/mol. The Morgan fingerprint density at radius 2 is 1.89 bits per heavy atom. The predicted octanol–water partition coefficient (Wildman–Crippen LogP) is 2.48. The maximum atomic E-state index is 13.2. The van der Waals surface area contributed by atoms with Crippen molar-refractivity contribution in [2.75, 3.05) is 32.7 Å². The summed E-state index contributed by atoms with van der Waals surface area (Å²) in [5.41, 5.74) is 1.90. The monoisotopic (exact) mass is 398 g/mol. The molecule has 1 atom stereocenters. The number of aromatic nitrogens is 1. The van der Waals surface area contributed by atoms with Crippen molar-refractivity contribution in [2.45, 2.75) is 31.8 Å². The molecule has 2 aliphatic rings. The lowest BCUT2D eigenvalue weighted by molar-refractivity contribution is -0.140. The lowest BCUT2D eigenvalue weighted by Crippen LogP contribution is -2.56. The molecule has 2 amide bonds. The third-order valence-electron chi connectivity index (χ3n) is 5.65. The number of hydrogen-bond acceptors (Lipinski definition) is 5. The Kier molecular flexibility index (Phi) is 6.02. The first-order chi connectivity index (χ1) is 13.7. The van der Waals surface area contributed by atoms with Crippen LogP contribution >= 0.6 is 11.3 Å². The van der Waals surface area contributed by atoms with Crippen LogP contribution in [0, 0.1) is 0 Å². The Labute approximate surface area is 169 Å². The van der Waals surface area contributed by atoms with Crippen LogP contribution in [0.4, 0.5) is 0 Å². The summed E-state index contributed by atoms with van der Waals surface area (Å²) >= 11 is 1.53. The fourth-order valence-electron chi connectivity index (χ4n) is 4.10. The number of likely N-dealkylation sites (tertiary alicyclic amines) is 1. The molecule has 0 aromatic carbocycles. The van der Waals surface area contributed by atoms with Crippen LogP contribution in [0.5, 0.6) is 0 Å². The van der Waals surface area contributed by atoms with Gasteiger partial charge >= 0.3 is 0 Å². The average Bonchev–Trinajstić information content (AvgIpc) is 3.29. The Morgan fingerprint density at radius 3 is 2.61 bits per heavy atom. The second kappa shape index (κ2) is 8.84. The molecular formula is C21H26N4O2S. The molecule has 6 nitrogen and oxygen atoms in total. The van der Waals surface area contributed by atoms with Crippen LogP contribution in [-0.4, -0.2) is 70.3 Å². The summed E-state index contributed by atoms with van der Waals surface area (Å²) in [4.78, 5) is 36.0. The van der Waals surface area contributed by atoms with E-state index in [0.29, 0.717) is 26.2 Å². The van der Waals surface area contributed by atoms with Gasteiger partial charge in [0.2, 0.25) is 5.91 Å². The van der Waals surface area contributed by atoms with E-state index in [1.165, 1.54) is 11.3 Å². The van der Waals surface area contributed by atoms with E-state index in [4.69, 9.17) is 0 Å². The van der Waals surface area contributed by atoms with Gasteiger partial charge < -0.3 is 9.80 Å². The number of pyridine rings is 1. The summed E-state index contributed by atoms with van der Waals surface area (Å²) in [5, 5.41) is 3.81. The van der Waals surface area contributed by atoms with Gasteiger partial charge in [-0.25, -0.2) is 0 Å². The molecule has 0 unspecified atom stereocenters. The minimum absolute atomic E-state index is 0.0620. The molecule has 2 aromatic rings. The van der Waals surface area contributed by atoms with Crippen molar-refractivity contribution in [3.63, 3.8) is 0 Å². The first-order valence-electron chi connectivity index (χ1n) is 9.95. The molecule has 0 N–H and O–H groups in total. The molecule has 2 fully saturated rings. The Bertz CT molecular complexity index is 788. The molecule has 0 aliphatic carbocycles. The van der Waals surface area contributed by atoms with Crippen molar-refractivity contribution >= 4 is 23.2 Å². The van der Waals surface area contributed by atoms with Crippen molar-refractivity contribution in [3.8, 4) is 0 Å². The van der Waals surface area contributed by atoms with Gasteiger partial charge in [0.1, 0.15) is 0 Å². The van der Waals surface area contributed by atoms with Crippen molar-refractivity contribution in [1.29, 1.82) is 0 Å². The maximum Gasteiger partial charge on any atom is 0.254 e. The zero-order valence-electron chi connectivity index (χ0n) is 16.0. The van der Waals surface area contributed by atoms with Gasteiger partial charge in [0.15, 0.2) is 0 Å². The van der Waals surface area contributed by atoms with Gasteiger partial charge in [-0.1, -0.05) is 12.5 Å². The Morgan fingerprint density at radius 1 is 1.07 bits per heavy atom. The minimum atomic E-state index is -0.0620. The van der Waals surface area contributed by atoms with E-state index in [1.807, 2.05) is 38.9 Å². The van der Waals surface area contributed by atoms with Crippen molar-refractivity contribution < 1.29 is 9.59 Å². The number of hydrogen-bond donors (Lipinski definition) is 0. The smallest absolute Gasteiger partial charge is 0.254 e. The zero-order chi connectivity index (χ0) is 19.3. The number of amides is 2. The van der Waals surface area contributed by atoms with Crippen LogP contribution in [0.15, 0.2) is 41.4 Å². The summed E-state index contributed by atoms with van der Waals surface area (Å²) in [6.45, 7) is 4.16. The summed E-state index contributed by atoms with van der Waals surface area (Å²) in [6, 6.07) is 5.81. The van der Waals surface area contributed by atoms with E-state index >= 15 is 0 Å². The molecule has 0 bridgehead atoms. The first-order valence-corrected chi connectivity index (χ1v) is 10.9. The Hall–Kier alpha value is -2.25. The summed E-state index contributed by atoms with van der Waals surface area (Å²) in [6.07, 6.45) is 6.79. The van der Waals surface area contributed by atoms with Crippen LogP contribution in [0.1, 0.15) is 35.2 Å². The van der Waals surface area contributed by atoms with E-state index in [2.05, 4.69) is 16.0 Å². The number of piperidine rings is 1. The summed E-state index contributed by atoms with van der Waals surface area (Å²) in [7, 11) is 0. The van der Waals surface area contributed by atoms with Gasteiger partial charge in [-0.05, 0) is 42.5 Å². The maximum absolute atomic E-state index is 13.2. The predicted molar refractivity (Wildman–Crippen MR) is 109 cm³/mol. The zero-order valence-corrected chi connectivity index (χ0v) is 16.8. The molecule has 7 heteroatoms. The molecular weight excluding hydrogens is 372 g/mol. The lowest BCUT2D eigenvalue weighted by Gasteiger charge is -2.40. The molecule has 148 valence electrons. The molecule has 0 spiro atoms. The van der Waals surface area contributed by atoms with Gasteiger partial charge in [0.05, 0.1) is 11.6 Å². The molecule has 0 radical (unpaired) electrons. The normalized spacial score (nSPS) is 20.9. The SMILES string of the molecule is O=C(c1ccsc1)N1CCN(C(=O)[C@@H]2CCCCN2Cc2cccnc2)CC1. The van der Waals surface area contributed by atoms with Crippen LogP contribution in [0.25, 0.3) is 0 Å². The highest BCUT2D eigenvalue weighted by atomic mass is 32.1. The van der Waals surface area contributed by atoms with E-state index in [9.17, 15) is 9.59 Å². The molecule has 28 heavy (non-hydrogen) atoms. The largest absolute Gasteiger partial charge is 0.338 e. The highest BCUT2D eigenvalue weighted by molar-refractivity contribution is 7.08. The molecule has 4 rings (SSSR count). The second-order valence-electron chi connectivity index (χ2n) is 7.47. The first kappa shape index (κ1) is 19.1. The molecule has 2 aromatic heterocycles. The summed E-state index contributed by atoms with van der Waals surface area (Å²) < 4.78 is 0. The van der Waals surface area contributed by atoms with E-state index < -0.39 is 0 Å². The van der Waals surface area contributed by atoms with Gasteiger partial charge in [-0.2, -0.15) is 11.3 Å². The van der Waals surface area contributed by atoms with Gasteiger partial charge in [-0.15, -0.1) is 0 Å². The minimum Gasteiger partial charge on any atom is -0.338 e. The molecule has 2 saturated heterocycles. The number of carbonyl (C=O) groups is 2. The van der Waals surface area contributed by atoms with Crippen LogP contribution < -0.4 is 0 Å². The van der Waals surface area contributed by atoms with Crippen molar-refractivity contribution in [1.82, 2.24) is 19.7 Å². The fourth-order valence-corrected chi connectivity index (χ4v) is 4.73. The van der Waals surface area contributed by atoms with Gasteiger partial charge in [-0.3, -0.25) is 19.5 Å². The van der Waals surface area contributed by atoms with E-state index in [1.54, 1.807) is 6.20 Å². The van der Waals surface area contributed by atoms with Crippen LogP contribution in [0.2, 0.25) is 0 Å². The third kappa shape index (κ3) is 4.25. The van der Waals surface area contributed by atoms with Crippen LogP contribution in [-0.2, 0) is 11.3 Å². The van der Waals surface area contributed by atoms with Crippen molar-refractivity contribution in [2.24, 2.45) is 0 Å². The van der Waals surface area contributed by atoms with Crippen molar-refractivity contribution in [3.05, 3.63) is 52.5 Å². The topological polar surface area (TPSA) is 56.8 Å². The number of rotatable bonds is 4. The quantitative estimate of drug-likeness (QED) is 0.794. The van der Waals surface area contributed by atoms with Crippen LogP contribution in [0.3, 0.4) is 0 Å². The molecule has 2 aliphatic heterocycles. The highest BCUT2D eigenvalue weighted by Crippen LogP contribution is 2.22.